The summed E-state index contributed by atoms with van der Waals surface area (Å²) in [6.45, 7) is 8.88. The number of aromatic nitrogens is 1. The van der Waals surface area contributed by atoms with E-state index in [4.69, 9.17) is 0 Å². The van der Waals surface area contributed by atoms with E-state index in [0.717, 1.165) is 18.9 Å². The van der Waals surface area contributed by atoms with Crippen molar-refractivity contribution in [2.75, 3.05) is 18.0 Å². The van der Waals surface area contributed by atoms with Gasteiger partial charge in [-0.2, -0.15) is 0 Å². The summed E-state index contributed by atoms with van der Waals surface area (Å²) in [6.07, 6.45) is 4.45. The summed E-state index contributed by atoms with van der Waals surface area (Å²) >= 11 is 3.68. The zero-order valence-electron chi connectivity index (χ0n) is 10.9. The lowest BCUT2D eigenvalue weighted by atomic mass is 9.88. The minimum absolute atomic E-state index is 0.189. The number of nitrogens with zero attached hydrogens (tertiary/aromatic N) is 2. The third-order valence-electron chi connectivity index (χ3n) is 3.36. The molecular weight excluding hydrogens is 276 g/mol. The van der Waals surface area contributed by atoms with Crippen LogP contribution >= 0.6 is 15.9 Å². The van der Waals surface area contributed by atoms with Gasteiger partial charge in [0.1, 0.15) is 5.82 Å². The lowest BCUT2D eigenvalue weighted by molar-refractivity contribution is 0.580. The molecule has 1 aromatic rings. The predicted molar refractivity (Wildman–Crippen MR) is 77.1 cm³/mol. The van der Waals surface area contributed by atoms with Gasteiger partial charge in [0, 0.05) is 24.1 Å². The van der Waals surface area contributed by atoms with Crippen molar-refractivity contribution >= 4 is 21.7 Å². The number of hydrogen-bond acceptors (Lipinski definition) is 2. The van der Waals surface area contributed by atoms with Crippen LogP contribution in [0.25, 0.3) is 0 Å². The first-order chi connectivity index (χ1) is 7.97. The van der Waals surface area contributed by atoms with Crippen LogP contribution in [-0.4, -0.2) is 22.9 Å². The summed E-state index contributed by atoms with van der Waals surface area (Å²) in [6, 6.07) is 4.37. The fourth-order valence-corrected chi connectivity index (χ4v) is 2.50. The van der Waals surface area contributed by atoms with E-state index in [1.54, 1.807) is 0 Å². The molecule has 0 unspecified atom stereocenters. The second kappa shape index (κ2) is 4.97. The molecule has 0 spiro atoms. The topological polar surface area (TPSA) is 16.1 Å². The van der Waals surface area contributed by atoms with Gasteiger partial charge < -0.3 is 4.90 Å². The van der Waals surface area contributed by atoms with E-state index in [9.17, 15) is 0 Å². The van der Waals surface area contributed by atoms with Crippen molar-refractivity contribution in [3.63, 3.8) is 0 Å². The van der Waals surface area contributed by atoms with Crippen LogP contribution < -0.4 is 4.90 Å². The highest BCUT2D eigenvalue weighted by atomic mass is 79.9. The Kier molecular flexibility index (Phi) is 3.76. The van der Waals surface area contributed by atoms with Crippen LogP contribution in [0.5, 0.6) is 0 Å². The Hall–Kier alpha value is -0.570. The Bertz CT molecular complexity index is 359. The minimum atomic E-state index is 0.189. The summed E-state index contributed by atoms with van der Waals surface area (Å²) in [5.74, 6) is 1.12. The van der Waals surface area contributed by atoms with Crippen LogP contribution in [0.15, 0.2) is 18.3 Å². The fourth-order valence-electron chi connectivity index (χ4n) is 2.09. The molecule has 0 saturated carbocycles. The number of halogens is 1. The van der Waals surface area contributed by atoms with Crippen LogP contribution in [-0.2, 0) is 5.41 Å². The molecule has 0 amide bonds. The molecule has 1 saturated heterocycles. The molecule has 0 bridgehead atoms. The van der Waals surface area contributed by atoms with Gasteiger partial charge in [-0.15, -0.1) is 0 Å². The standard InChI is InChI=1S/C14H21BrN2/c1-14(2,3)11-4-5-13(16-10-11)17-8-6-12(15)7-9-17/h4-5,10,12H,6-9H2,1-3H3. The first kappa shape index (κ1) is 12.9. The number of anilines is 1. The molecule has 17 heavy (non-hydrogen) atoms. The van der Waals surface area contributed by atoms with E-state index < -0.39 is 0 Å². The molecule has 2 rings (SSSR count). The lowest BCUT2D eigenvalue weighted by Gasteiger charge is -2.30. The fraction of sp³-hybridized carbons (Fsp3) is 0.643. The Morgan fingerprint density at radius 2 is 1.88 bits per heavy atom. The SMILES string of the molecule is CC(C)(C)c1ccc(N2CCC(Br)CC2)nc1. The van der Waals surface area contributed by atoms with Gasteiger partial charge in [-0.3, -0.25) is 0 Å². The van der Waals surface area contributed by atoms with Crippen molar-refractivity contribution in [1.29, 1.82) is 0 Å². The Morgan fingerprint density at radius 3 is 2.35 bits per heavy atom. The molecule has 3 heteroatoms. The second-order valence-electron chi connectivity index (χ2n) is 5.82. The minimum Gasteiger partial charge on any atom is -0.357 e. The molecule has 1 aliphatic heterocycles. The summed E-state index contributed by atoms with van der Waals surface area (Å²) < 4.78 is 0. The average Bonchev–Trinajstić information content (AvgIpc) is 2.29. The number of alkyl halides is 1. The zero-order chi connectivity index (χ0) is 12.5. The smallest absolute Gasteiger partial charge is 0.128 e. The van der Waals surface area contributed by atoms with Crippen molar-refractivity contribution in [3.05, 3.63) is 23.9 Å². The van der Waals surface area contributed by atoms with Crippen molar-refractivity contribution in [2.24, 2.45) is 0 Å². The first-order valence-corrected chi connectivity index (χ1v) is 7.24. The second-order valence-corrected chi connectivity index (χ2v) is 7.11. The van der Waals surface area contributed by atoms with E-state index in [2.05, 4.69) is 58.7 Å². The number of hydrogen-bond donors (Lipinski definition) is 0. The van der Waals surface area contributed by atoms with E-state index in [1.165, 1.54) is 18.4 Å². The molecular formula is C14H21BrN2. The summed E-state index contributed by atoms with van der Waals surface area (Å²) in [7, 11) is 0. The van der Waals surface area contributed by atoms with Crippen LogP contribution in [0.1, 0.15) is 39.2 Å². The summed E-state index contributed by atoms with van der Waals surface area (Å²) in [5.41, 5.74) is 1.49. The third kappa shape index (κ3) is 3.21. The van der Waals surface area contributed by atoms with Crippen LogP contribution in [0.2, 0.25) is 0 Å². The van der Waals surface area contributed by atoms with E-state index in [0.29, 0.717) is 4.83 Å². The van der Waals surface area contributed by atoms with Gasteiger partial charge in [-0.05, 0) is 29.9 Å². The molecule has 2 heterocycles. The van der Waals surface area contributed by atoms with Crippen LogP contribution in [0.3, 0.4) is 0 Å². The van der Waals surface area contributed by atoms with Crippen molar-refractivity contribution in [2.45, 2.75) is 43.9 Å². The van der Waals surface area contributed by atoms with Gasteiger partial charge in [0.05, 0.1) is 0 Å². The Labute approximate surface area is 113 Å². The summed E-state index contributed by atoms with van der Waals surface area (Å²) in [4.78, 5) is 7.67. The third-order valence-corrected chi connectivity index (χ3v) is 4.28. The number of pyridine rings is 1. The lowest BCUT2D eigenvalue weighted by Crippen LogP contribution is -2.34. The maximum absolute atomic E-state index is 4.60. The molecule has 0 aromatic carbocycles. The van der Waals surface area contributed by atoms with Gasteiger partial charge in [0.2, 0.25) is 0 Å². The Balaban J connectivity index is 2.08. The van der Waals surface area contributed by atoms with Crippen molar-refractivity contribution in [1.82, 2.24) is 4.98 Å². The largest absolute Gasteiger partial charge is 0.357 e. The first-order valence-electron chi connectivity index (χ1n) is 6.32. The van der Waals surface area contributed by atoms with Gasteiger partial charge in [-0.1, -0.05) is 42.8 Å². The quantitative estimate of drug-likeness (QED) is 0.734. The molecule has 94 valence electrons. The van der Waals surface area contributed by atoms with Gasteiger partial charge in [0.25, 0.3) is 0 Å². The van der Waals surface area contributed by atoms with E-state index in [-0.39, 0.29) is 5.41 Å². The molecule has 0 aliphatic carbocycles. The number of piperidine rings is 1. The molecule has 1 aliphatic rings. The van der Waals surface area contributed by atoms with Crippen molar-refractivity contribution in [3.8, 4) is 0 Å². The van der Waals surface area contributed by atoms with E-state index >= 15 is 0 Å². The normalized spacial score (nSPS) is 18.5. The molecule has 2 nitrogen and oxygen atoms in total. The maximum Gasteiger partial charge on any atom is 0.128 e. The summed E-state index contributed by atoms with van der Waals surface area (Å²) in [5, 5.41) is 0. The van der Waals surface area contributed by atoms with Crippen LogP contribution in [0.4, 0.5) is 5.82 Å². The molecule has 1 fully saturated rings. The van der Waals surface area contributed by atoms with Crippen LogP contribution in [0, 0.1) is 0 Å². The highest BCUT2D eigenvalue weighted by Crippen LogP contribution is 2.25. The molecule has 0 atom stereocenters. The van der Waals surface area contributed by atoms with E-state index in [1.807, 2.05) is 6.20 Å². The molecule has 1 aromatic heterocycles. The predicted octanol–water partition coefficient (Wildman–Crippen LogP) is 3.74. The highest BCUT2D eigenvalue weighted by molar-refractivity contribution is 9.09. The Morgan fingerprint density at radius 1 is 1.24 bits per heavy atom. The van der Waals surface area contributed by atoms with Gasteiger partial charge in [0.15, 0.2) is 0 Å². The monoisotopic (exact) mass is 296 g/mol. The average molecular weight is 297 g/mol. The number of rotatable bonds is 1. The van der Waals surface area contributed by atoms with Crippen molar-refractivity contribution < 1.29 is 0 Å². The highest BCUT2D eigenvalue weighted by Gasteiger charge is 2.19. The maximum atomic E-state index is 4.60. The molecule has 0 radical (unpaired) electrons. The molecule has 0 N–H and O–H groups in total. The van der Waals surface area contributed by atoms with Gasteiger partial charge in [-0.25, -0.2) is 4.98 Å². The van der Waals surface area contributed by atoms with Gasteiger partial charge >= 0.3 is 0 Å². The zero-order valence-corrected chi connectivity index (χ0v) is 12.5.